The predicted octanol–water partition coefficient (Wildman–Crippen LogP) is 5.17. The van der Waals surface area contributed by atoms with Crippen molar-refractivity contribution >= 4 is 24.0 Å². The van der Waals surface area contributed by atoms with E-state index in [2.05, 4.69) is 40.2 Å². The van der Waals surface area contributed by atoms with Crippen molar-refractivity contribution < 1.29 is 5.11 Å². The topological polar surface area (TPSA) is 62.4 Å². The van der Waals surface area contributed by atoms with Crippen LogP contribution in [-0.2, 0) is 11.0 Å². The van der Waals surface area contributed by atoms with Gasteiger partial charge in [0.2, 0.25) is 0 Å². The van der Waals surface area contributed by atoms with Gasteiger partial charge in [0, 0.05) is 36.3 Å². The molecule has 1 saturated heterocycles. The summed E-state index contributed by atoms with van der Waals surface area (Å²) in [5, 5.41) is 11.8. The number of rotatable bonds is 8. The van der Waals surface area contributed by atoms with Gasteiger partial charge in [-0.25, -0.2) is 0 Å². The molecule has 0 saturated carbocycles. The molecule has 0 aliphatic carbocycles. The Morgan fingerprint density at radius 1 is 0.970 bits per heavy atom. The number of pyridine rings is 1. The summed E-state index contributed by atoms with van der Waals surface area (Å²) in [4.78, 5) is 7.14. The van der Waals surface area contributed by atoms with Crippen LogP contribution in [0.2, 0.25) is 5.02 Å². The third-order valence-electron chi connectivity index (χ3n) is 6.97. The van der Waals surface area contributed by atoms with Crippen molar-refractivity contribution in [2.75, 3.05) is 26.2 Å². The average molecular weight is 486 g/mol. The second kappa shape index (κ2) is 11.5. The van der Waals surface area contributed by atoms with Crippen LogP contribution in [0, 0.1) is 0 Å². The van der Waals surface area contributed by atoms with Crippen LogP contribution < -0.4 is 5.73 Å². The molecule has 0 radical (unpaired) electrons. The Labute approximate surface area is 208 Å². The summed E-state index contributed by atoms with van der Waals surface area (Å²) in [7, 11) is 0. The third kappa shape index (κ3) is 5.76. The molecule has 3 aromatic rings. The van der Waals surface area contributed by atoms with Crippen molar-refractivity contribution in [3.8, 4) is 0 Å². The Morgan fingerprint density at radius 2 is 1.64 bits per heavy atom. The van der Waals surface area contributed by atoms with Gasteiger partial charge in [0.05, 0.1) is 11.3 Å². The number of aromatic nitrogens is 1. The molecule has 6 heteroatoms. The maximum absolute atomic E-state index is 11.1. The zero-order chi connectivity index (χ0) is 22.4. The zero-order valence-electron chi connectivity index (χ0n) is 18.9. The average Bonchev–Trinajstić information content (AvgIpc) is 2.85. The number of aliphatic hydroxyl groups is 1. The molecule has 1 aliphatic rings. The van der Waals surface area contributed by atoms with Crippen LogP contribution >= 0.6 is 24.0 Å². The molecule has 176 valence electrons. The van der Waals surface area contributed by atoms with Gasteiger partial charge in [-0.2, -0.15) is 0 Å². The summed E-state index contributed by atoms with van der Waals surface area (Å²) in [5.41, 5.74) is 8.56. The van der Waals surface area contributed by atoms with E-state index in [1.54, 1.807) is 0 Å². The number of nitrogens with two attached hydrogens (primary N) is 1. The molecule has 33 heavy (non-hydrogen) atoms. The summed E-state index contributed by atoms with van der Waals surface area (Å²) in [6.45, 7) is 3.26. The molecular formula is C27H33Cl2N3O. The monoisotopic (exact) mass is 485 g/mol. The number of hydrogen-bond acceptors (Lipinski definition) is 4. The fraction of sp³-hybridized carbons (Fsp3) is 0.370. The summed E-state index contributed by atoms with van der Waals surface area (Å²) in [6.07, 6.45) is 5.26. The predicted molar refractivity (Wildman–Crippen MR) is 138 cm³/mol. The summed E-state index contributed by atoms with van der Waals surface area (Å²) >= 11 is 6.01. The first-order valence-electron chi connectivity index (χ1n) is 11.4. The van der Waals surface area contributed by atoms with E-state index in [1.807, 2.05) is 48.7 Å². The molecule has 1 aliphatic heterocycles. The van der Waals surface area contributed by atoms with Gasteiger partial charge < -0.3 is 15.7 Å². The van der Waals surface area contributed by atoms with E-state index in [4.69, 9.17) is 17.3 Å². The van der Waals surface area contributed by atoms with Gasteiger partial charge in [-0.3, -0.25) is 4.98 Å². The lowest BCUT2D eigenvalue weighted by Crippen LogP contribution is -2.43. The van der Waals surface area contributed by atoms with Crippen molar-refractivity contribution in [3.05, 3.63) is 101 Å². The minimum absolute atomic E-state index is 0. The first-order chi connectivity index (χ1) is 15.6. The van der Waals surface area contributed by atoms with Crippen molar-refractivity contribution in [1.82, 2.24) is 9.88 Å². The Morgan fingerprint density at radius 3 is 2.24 bits per heavy atom. The number of hydrogen-bond donors (Lipinski definition) is 2. The molecule has 4 rings (SSSR count). The number of halogens is 2. The van der Waals surface area contributed by atoms with Gasteiger partial charge in [0.25, 0.3) is 0 Å². The molecule has 4 nitrogen and oxygen atoms in total. The molecule has 0 amide bonds. The molecule has 1 fully saturated rings. The van der Waals surface area contributed by atoms with Crippen LogP contribution in [0.15, 0.2) is 79.0 Å². The number of piperidine rings is 1. The molecular weight excluding hydrogens is 453 g/mol. The smallest absolute Gasteiger partial charge is 0.0920 e. The highest BCUT2D eigenvalue weighted by atomic mass is 35.5. The van der Waals surface area contributed by atoms with Crippen LogP contribution in [0.3, 0.4) is 0 Å². The summed E-state index contributed by atoms with van der Waals surface area (Å²) < 4.78 is 0. The molecule has 0 bridgehead atoms. The van der Waals surface area contributed by atoms with Crippen molar-refractivity contribution in [1.29, 1.82) is 0 Å². The highest BCUT2D eigenvalue weighted by molar-refractivity contribution is 6.30. The standard InChI is InChI=1S/C27H32ClN3O.ClH/c28-24-12-10-23(11-13-24)27(32)15-19-31(20-16-27)18-6-14-26(21-29,22-7-2-1-3-8-22)25-9-4-5-17-30-25;/h1-5,7-13,17,32H,6,14-16,18-21,29H2;1H. The van der Waals surface area contributed by atoms with E-state index in [9.17, 15) is 5.11 Å². The van der Waals surface area contributed by atoms with Crippen molar-refractivity contribution in [2.24, 2.45) is 5.73 Å². The van der Waals surface area contributed by atoms with Crippen LogP contribution in [0.25, 0.3) is 0 Å². The summed E-state index contributed by atoms with van der Waals surface area (Å²) in [5.74, 6) is 0. The molecule has 1 atom stereocenters. The number of benzene rings is 2. The van der Waals surface area contributed by atoms with E-state index in [-0.39, 0.29) is 17.8 Å². The molecule has 2 aromatic carbocycles. The second-order valence-electron chi connectivity index (χ2n) is 8.85. The van der Waals surface area contributed by atoms with Crippen LogP contribution in [0.4, 0.5) is 0 Å². The Bertz CT molecular complexity index is 936. The van der Waals surface area contributed by atoms with Crippen LogP contribution in [0.5, 0.6) is 0 Å². The molecule has 3 N–H and O–H groups in total. The molecule has 1 aromatic heterocycles. The number of nitrogens with zero attached hydrogens (tertiary/aromatic N) is 2. The van der Waals surface area contributed by atoms with E-state index in [0.717, 1.165) is 56.6 Å². The fourth-order valence-corrected chi connectivity index (χ4v) is 5.07. The minimum Gasteiger partial charge on any atom is -0.385 e. The molecule has 0 spiro atoms. The second-order valence-corrected chi connectivity index (χ2v) is 9.29. The Balaban J connectivity index is 0.00000306. The van der Waals surface area contributed by atoms with Gasteiger partial charge in [0.15, 0.2) is 0 Å². The van der Waals surface area contributed by atoms with Crippen LogP contribution in [0.1, 0.15) is 42.5 Å². The lowest BCUT2D eigenvalue weighted by atomic mass is 9.73. The normalized spacial score (nSPS) is 17.7. The Hall–Kier alpha value is -1.95. The zero-order valence-corrected chi connectivity index (χ0v) is 20.4. The van der Waals surface area contributed by atoms with Gasteiger partial charge in [-0.05, 0) is 67.6 Å². The quantitative estimate of drug-likeness (QED) is 0.462. The molecule has 2 heterocycles. The molecule has 1 unspecified atom stereocenters. The van der Waals surface area contributed by atoms with Crippen molar-refractivity contribution in [3.63, 3.8) is 0 Å². The van der Waals surface area contributed by atoms with Gasteiger partial charge in [0.1, 0.15) is 0 Å². The maximum Gasteiger partial charge on any atom is 0.0920 e. The number of likely N-dealkylation sites (tertiary alicyclic amines) is 1. The van der Waals surface area contributed by atoms with Crippen LogP contribution in [-0.4, -0.2) is 41.2 Å². The highest BCUT2D eigenvalue weighted by Crippen LogP contribution is 2.36. The minimum atomic E-state index is -0.764. The van der Waals surface area contributed by atoms with E-state index >= 15 is 0 Å². The first kappa shape index (κ1) is 25.7. The summed E-state index contributed by atoms with van der Waals surface area (Å²) in [6, 6.07) is 24.2. The SMILES string of the molecule is Cl.NCC(CCCN1CCC(O)(c2ccc(Cl)cc2)CC1)(c1ccccc1)c1ccccn1. The largest absolute Gasteiger partial charge is 0.385 e. The highest BCUT2D eigenvalue weighted by Gasteiger charge is 2.36. The lowest BCUT2D eigenvalue weighted by molar-refractivity contribution is -0.0262. The van der Waals surface area contributed by atoms with E-state index < -0.39 is 5.60 Å². The van der Waals surface area contributed by atoms with Crippen molar-refractivity contribution in [2.45, 2.75) is 36.7 Å². The van der Waals surface area contributed by atoms with E-state index in [0.29, 0.717) is 11.6 Å². The fourth-order valence-electron chi connectivity index (χ4n) is 4.95. The van der Waals surface area contributed by atoms with Gasteiger partial charge in [-0.15, -0.1) is 12.4 Å². The maximum atomic E-state index is 11.1. The van der Waals surface area contributed by atoms with Gasteiger partial charge >= 0.3 is 0 Å². The van der Waals surface area contributed by atoms with Gasteiger partial charge in [-0.1, -0.05) is 60.1 Å². The first-order valence-corrected chi connectivity index (χ1v) is 11.8. The Kier molecular flexibility index (Phi) is 8.91. The lowest BCUT2D eigenvalue weighted by Gasteiger charge is -2.39. The van der Waals surface area contributed by atoms with E-state index in [1.165, 1.54) is 5.56 Å². The third-order valence-corrected chi connectivity index (χ3v) is 7.22.